The molecule has 0 radical (unpaired) electrons. The average molecular weight is 317 g/mol. The van der Waals surface area contributed by atoms with E-state index in [-0.39, 0.29) is 19.1 Å². The number of unbranched alkanes of at least 4 members (excludes halogenated alkanes) is 1. The molecule has 1 aromatic heterocycles. The number of rotatable bonds is 8. The first-order valence-electron chi connectivity index (χ1n) is 7.74. The zero-order chi connectivity index (χ0) is 16.7. The number of nitrogens with zero attached hydrogens (tertiary/aromatic N) is 3. The number of nitrogens with one attached hydrogen (secondary N) is 2. The minimum atomic E-state index is -0.225. The first kappa shape index (κ1) is 17.0. The summed E-state index contributed by atoms with van der Waals surface area (Å²) in [7, 11) is 2.05. The van der Waals surface area contributed by atoms with Crippen molar-refractivity contribution in [2.75, 3.05) is 18.5 Å². The van der Waals surface area contributed by atoms with Gasteiger partial charge in [-0.05, 0) is 30.7 Å². The van der Waals surface area contributed by atoms with Crippen molar-refractivity contribution in [1.82, 2.24) is 20.5 Å². The summed E-state index contributed by atoms with van der Waals surface area (Å²) >= 11 is 0. The summed E-state index contributed by atoms with van der Waals surface area (Å²) in [6, 6.07) is 7.52. The molecule has 0 aliphatic rings. The molecule has 0 saturated heterocycles. The normalized spacial score (nSPS) is 10.6. The van der Waals surface area contributed by atoms with Crippen molar-refractivity contribution < 1.29 is 9.90 Å². The third-order valence-corrected chi connectivity index (χ3v) is 3.55. The number of benzene rings is 1. The molecule has 0 spiro atoms. The molecule has 1 heterocycles. The number of H-pyrrole nitrogens is 1. The molecule has 0 aliphatic carbocycles. The van der Waals surface area contributed by atoms with Gasteiger partial charge in [0.05, 0.1) is 6.54 Å². The Kier molecular flexibility index (Phi) is 6.10. The fourth-order valence-corrected chi connectivity index (χ4v) is 2.14. The predicted octanol–water partition coefficient (Wildman–Crippen LogP) is 1.46. The van der Waals surface area contributed by atoms with Crippen molar-refractivity contribution in [3.63, 3.8) is 0 Å². The minimum Gasteiger partial charge on any atom is -0.388 e. The van der Waals surface area contributed by atoms with Crippen LogP contribution in [0.4, 0.5) is 5.69 Å². The van der Waals surface area contributed by atoms with Gasteiger partial charge in [0.25, 0.3) is 5.91 Å². The Labute approximate surface area is 135 Å². The van der Waals surface area contributed by atoms with Gasteiger partial charge in [-0.15, -0.1) is 0 Å². The highest BCUT2D eigenvalue weighted by atomic mass is 16.3. The van der Waals surface area contributed by atoms with E-state index in [0.717, 1.165) is 25.1 Å². The van der Waals surface area contributed by atoms with Crippen LogP contribution < -0.4 is 10.2 Å². The number of amides is 1. The van der Waals surface area contributed by atoms with Gasteiger partial charge in [0.1, 0.15) is 12.4 Å². The summed E-state index contributed by atoms with van der Waals surface area (Å²) in [5, 5.41) is 18.1. The lowest BCUT2D eigenvalue weighted by Gasteiger charge is -2.19. The quantitative estimate of drug-likeness (QED) is 0.685. The average Bonchev–Trinajstić information content (AvgIpc) is 3.05. The standard InChI is InChI=1S/C16H23N5O2/c1-3-4-9-21(2)13-7-5-12(6-8-13)16(23)17-10-14-18-15(11-22)20-19-14/h5-8,22H,3-4,9-11H2,1-2H3,(H,17,23)(H,18,19,20). The van der Waals surface area contributed by atoms with Crippen molar-refractivity contribution >= 4 is 11.6 Å². The number of carbonyl (C=O) groups excluding carboxylic acids is 1. The molecular weight excluding hydrogens is 294 g/mol. The summed E-state index contributed by atoms with van der Waals surface area (Å²) in [6.07, 6.45) is 2.30. The maximum Gasteiger partial charge on any atom is 0.251 e. The van der Waals surface area contributed by atoms with E-state index < -0.39 is 0 Å². The van der Waals surface area contributed by atoms with Crippen LogP contribution in [0, 0.1) is 0 Å². The van der Waals surface area contributed by atoms with E-state index in [9.17, 15) is 4.79 Å². The molecule has 7 heteroatoms. The second-order valence-corrected chi connectivity index (χ2v) is 5.36. The molecule has 7 nitrogen and oxygen atoms in total. The van der Waals surface area contributed by atoms with Crippen LogP contribution in [-0.4, -0.2) is 39.8 Å². The van der Waals surface area contributed by atoms with Gasteiger partial charge in [-0.2, -0.15) is 5.10 Å². The number of aliphatic hydroxyl groups excluding tert-OH is 1. The number of aromatic amines is 1. The van der Waals surface area contributed by atoms with Gasteiger partial charge in [0, 0.05) is 24.8 Å². The highest BCUT2D eigenvalue weighted by Crippen LogP contribution is 2.14. The van der Waals surface area contributed by atoms with Gasteiger partial charge >= 0.3 is 0 Å². The fraction of sp³-hybridized carbons (Fsp3) is 0.438. The molecule has 2 aromatic rings. The third kappa shape index (κ3) is 4.79. The second kappa shape index (κ2) is 8.28. The van der Waals surface area contributed by atoms with Gasteiger partial charge in [0.15, 0.2) is 5.82 Å². The molecular formula is C16H23N5O2. The van der Waals surface area contributed by atoms with Gasteiger partial charge in [0.2, 0.25) is 0 Å². The summed E-state index contributed by atoms with van der Waals surface area (Å²) in [5.74, 6) is 0.654. The maximum atomic E-state index is 12.1. The zero-order valence-corrected chi connectivity index (χ0v) is 13.5. The summed E-state index contributed by atoms with van der Waals surface area (Å²) in [5.41, 5.74) is 1.69. The molecule has 0 bridgehead atoms. The van der Waals surface area contributed by atoms with Crippen molar-refractivity contribution in [2.45, 2.75) is 32.9 Å². The number of hydrogen-bond donors (Lipinski definition) is 3. The van der Waals surface area contributed by atoms with Crippen LogP contribution in [0.2, 0.25) is 0 Å². The van der Waals surface area contributed by atoms with Gasteiger partial charge in [-0.3, -0.25) is 9.89 Å². The highest BCUT2D eigenvalue weighted by molar-refractivity contribution is 5.94. The van der Waals surface area contributed by atoms with Crippen LogP contribution in [0.3, 0.4) is 0 Å². The van der Waals surface area contributed by atoms with E-state index in [0.29, 0.717) is 17.2 Å². The van der Waals surface area contributed by atoms with Gasteiger partial charge in [-0.1, -0.05) is 13.3 Å². The smallest absolute Gasteiger partial charge is 0.251 e. The molecule has 0 fully saturated rings. The van der Waals surface area contributed by atoms with Crippen LogP contribution in [0.1, 0.15) is 41.8 Å². The van der Waals surface area contributed by atoms with Crippen molar-refractivity contribution in [1.29, 1.82) is 0 Å². The predicted molar refractivity (Wildman–Crippen MR) is 88.1 cm³/mol. The molecule has 1 aromatic carbocycles. The highest BCUT2D eigenvalue weighted by Gasteiger charge is 2.08. The Hall–Kier alpha value is -2.41. The lowest BCUT2D eigenvalue weighted by atomic mass is 10.2. The van der Waals surface area contributed by atoms with E-state index in [2.05, 4.69) is 32.3 Å². The number of anilines is 1. The summed E-state index contributed by atoms with van der Waals surface area (Å²) < 4.78 is 0. The van der Waals surface area contributed by atoms with Crippen LogP contribution in [-0.2, 0) is 13.2 Å². The Morgan fingerprint density at radius 2 is 2.09 bits per heavy atom. The fourth-order valence-electron chi connectivity index (χ4n) is 2.14. The van der Waals surface area contributed by atoms with E-state index in [4.69, 9.17) is 5.11 Å². The van der Waals surface area contributed by atoms with Gasteiger partial charge in [-0.25, -0.2) is 4.98 Å². The first-order valence-corrected chi connectivity index (χ1v) is 7.74. The number of aromatic nitrogens is 3. The molecule has 124 valence electrons. The Morgan fingerprint density at radius 1 is 1.35 bits per heavy atom. The van der Waals surface area contributed by atoms with E-state index in [1.54, 1.807) is 0 Å². The Morgan fingerprint density at radius 3 is 2.70 bits per heavy atom. The van der Waals surface area contributed by atoms with Crippen LogP contribution >= 0.6 is 0 Å². The van der Waals surface area contributed by atoms with E-state index in [1.807, 2.05) is 31.3 Å². The third-order valence-electron chi connectivity index (χ3n) is 3.55. The summed E-state index contributed by atoms with van der Waals surface area (Å²) in [4.78, 5) is 18.3. The molecule has 0 saturated carbocycles. The molecule has 3 N–H and O–H groups in total. The topological polar surface area (TPSA) is 94.1 Å². The molecule has 0 unspecified atom stereocenters. The number of aliphatic hydroxyl groups is 1. The largest absolute Gasteiger partial charge is 0.388 e. The van der Waals surface area contributed by atoms with Gasteiger partial charge < -0.3 is 15.3 Å². The van der Waals surface area contributed by atoms with Crippen molar-refractivity contribution in [3.05, 3.63) is 41.5 Å². The Bertz CT molecular complexity index is 624. The first-order chi connectivity index (χ1) is 11.1. The molecule has 0 atom stereocenters. The zero-order valence-electron chi connectivity index (χ0n) is 13.5. The SMILES string of the molecule is CCCCN(C)c1ccc(C(=O)NCc2nc(CO)n[nH]2)cc1. The monoisotopic (exact) mass is 317 g/mol. The van der Waals surface area contributed by atoms with E-state index >= 15 is 0 Å². The van der Waals surface area contributed by atoms with Crippen LogP contribution in [0.15, 0.2) is 24.3 Å². The van der Waals surface area contributed by atoms with Crippen LogP contribution in [0.5, 0.6) is 0 Å². The van der Waals surface area contributed by atoms with E-state index in [1.165, 1.54) is 0 Å². The Balaban J connectivity index is 1.89. The van der Waals surface area contributed by atoms with Crippen LogP contribution in [0.25, 0.3) is 0 Å². The number of carbonyl (C=O) groups is 1. The lowest BCUT2D eigenvalue weighted by Crippen LogP contribution is -2.23. The minimum absolute atomic E-state index is 0.172. The molecule has 2 rings (SSSR count). The molecule has 0 aliphatic heterocycles. The maximum absolute atomic E-state index is 12.1. The summed E-state index contributed by atoms with van der Waals surface area (Å²) in [6.45, 7) is 3.18. The molecule has 1 amide bonds. The lowest BCUT2D eigenvalue weighted by molar-refractivity contribution is 0.0950. The van der Waals surface area contributed by atoms with Crippen molar-refractivity contribution in [2.24, 2.45) is 0 Å². The second-order valence-electron chi connectivity index (χ2n) is 5.36. The number of hydrogen-bond acceptors (Lipinski definition) is 5. The van der Waals surface area contributed by atoms with Crippen molar-refractivity contribution in [3.8, 4) is 0 Å². The molecule has 23 heavy (non-hydrogen) atoms.